The summed E-state index contributed by atoms with van der Waals surface area (Å²) in [5, 5.41) is 4.49. The maximum absolute atomic E-state index is 12.7. The van der Waals surface area contributed by atoms with Crippen molar-refractivity contribution in [3.63, 3.8) is 0 Å². The van der Waals surface area contributed by atoms with Crippen LogP contribution in [0.25, 0.3) is 11.3 Å². The van der Waals surface area contributed by atoms with Crippen molar-refractivity contribution in [1.82, 2.24) is 19.6 Å². The molecule has 2 heterocycles. The lowest BCUT2D eigenvalue weighted by molar-refractivity contribution is -0.133. The van der Waals surface area contributed by atoms with Gasteiger partial charge in [-0.25, -0.2) is 4.68 Å². The number of aryl methyl sites for hydroxylation is 1. The van der Waals surface area contributed by atoms with E-state index in [2.05, 4.69) is 34.3 Å². The lowest BCUT2D eigenvalue weighted by atomic mass is 10.1. The van der Waals surface area contributed by atoms with Gasteiger partial charge in [-0.3, -0.25) is 14.5 Å². The molecule has 0 saturated carbocycles. The lowest BCUT2D eigenvalue weighted by Gasteiger charge is -2.34. The Kier molecular flexibility index (Phi) is 7.52. The highest BCUT2D eigenvalue weighted by atomic mass is 16.5. The fraction of sp³-hybridized carbons (Fsp3) is 0.346. The van der Waals surface area contributed by atoms with Crippen LogP contribution in [0.2, 0.25) is 0 Å². The van der Waals surface area contributed by atoms with E-state index < -0.39 is 0 Å². The number of nitrogens with zero attached hydrogens (tertiary/aromatic N) is 4. The summed E-state index contributed by atoms with van der Waals surface area (Å²) < 4.78 is 6.64. The van der Waals surface area contributed by atoms with E-state index in [1.165, 1.54) is 16.3 Å². The van der Waals surface area contributed by atoms with Gasteiger partial charge in [0.15, 0.2) is 0 Å². The average Bonchev–Trinajstić information content (AvgIpc) is 2.86. The molecule has 0 spiro atoms. The predicted octanol–water partition coefficient (Wildman–Crippen LogP) is 3.04. The molecule has 7 nitrogen and oxygen atoms in total. The summed E-state index contributed by atoms with van der Waals surface area (Å²) in [6, 6.07) is 21.2. The van der Waals surface area contributed by atoms with Gasteiger partial charge in [-0.1, -0.05) is 30.3 Å². The van der Waals surface area contributed by atoms with Crippen LogP contribution in [0.1, 0.15) is 18.4 Å². The molecule has 1 aromatic heterocycles. The smallest absolute Gasteiger partial charge is 0.266 e. The molecule has 4 rings (SSSR count). The number of piperazine rings is 1. The van der Waals surface area contributed by atoms with Crippen molar-refractivity contribution in [3.8, 4) is 17.0 Å². The van der Waals surface area contributed by atoms with Gasteiger partial charge in [0.2, 0.25) is 5.91 Å². The number of aromatic nitrogens is 2. The second-order valence-electron chi connectivity index (χ2n) is 8.25. The fourth-order valence-electron chi connectivity index (χ4n) is 4.06. The van der Waals surface area contributed by atoms with Crippen LogP contribution in [0.4, 0.5) is 0 Å². The monoisotopic (exact) mass is 446 g/mol. The van der Waals surface area contributed by atoms with Crippen molar-refractivity contribution in [3.05, 3.63) is 82.6 Å². The van der Waals surface area contributed by atoms with Crippen LogP contribution in [0, 0.1) is 0 Å². The van der Waals surface area contributed by atoms with Gasteiger partial charge < -0.3 is 9.64 Å². The number of carbonyl (C=O) groups is 1. The Morgan fingerprint density at radius 2 is 1.67 bits per heavy atom. The average molecular weight is 447 g/mol. The summed E-state index contributed by atoms with van der Waals surface area (Å²) in [5.41, 5.74) is 2.77. The molecule has 0 aliphatic carbocycles. The van der Waals surface area contributed by atoms with E-state index in [1.807, 2.05) is 35.2 Å². The highest BCUT2D eigenvalue weighted by molar-refractivity contribution is 5.76. The molecule has 0 atom stereocenters. The zero-order chi connectivity index (χ0) is 23.0. The van der Waals surface area contributed by atoms with Crippen LogP contribution in [0.3, 0.4) is 0 Å². The number of amides is 1. The van der Waals surface area contributed by atoms with Gasteiger partial charge in [-0.15, -0.1) is 0 Å². The van der Waals surface area contributed by atoms with Gasteiger partial charge in [0, 0.05) is 57.3 Å². The molecule has 0 bridgehead atoms. The largest absolute Gasteiger partial charge is 0.497 e. The SMILES string of the molecule is COc1ccc(-c2ccc(=O)n(CCCC(=O)N3CCN(Cc4ccccc4)CC3)n2)cc1. The first-order chi connectivity index (χ1) is 16.1. The molecule has 1 saturated heterocycles. The second kappa shape index (κ2) is 10.9. The maximum atomic E-state index is 12.7. The highest BCUT2D eigenvalue weighted by Crippen LogP contribution is 2.19. The summed E-state index contributed by atoms with van der Waals surface area (Å²) >= 11 is 0. The van der Waals surface area contributed by atoms with E-state index in [1.54, 1.807) is 13.2 Å². The van der Waals surface area contributed by atoms with Crippen LogP contribution in [-0.2, 0) is 17.9 Å². The third-order valence-electron chi connectivity index (χ3n) is 5.99. The third-order valence-corrected chi connectivity index (χ3v) is 5.99. The first-order valence-electron chi connectivity index (χ1n) is 11.4. The minimum Gasteiger partial charge on any atom is -0.497 e. The van der Waals surface area contributed by atoms with E-state index >= 15 is 0 Å². The zero-order valence-electron chi connectivity index (χ0n) is 19.0. The summed E-state index contributed by atoms with van der Waals surface area (Å²) in [7, 11) is 1.62. The molecule has 1 amide bonds. The predicted molar refractivity (Wildman–Crippen MR) is 128 cm³/mol. The molecule has 1 fully saturated rings. The van der Waals surface area contributed by atoms with Crippen molar-refractivity contribution in [2.24, 2.45) is 0 Å². The second-order valence-corrected chi connectivity index (χ2v) is 8.25. The lowest BCUT2D eigenvalue weighted by Crippen LogP contribution is -2.48. The molecule has 0 N–H and O–H groups in total. The van der Waals surface area contributed by atoms with Crippen LogP contribution >= 0.6 is 0 Å². The van der Waals surface area contributed by atoms with E-state index in [4.69, 9.17) is 4.74 Å². The van der Waals surface area contributed by atoms with Gasteiger partial charge in [0.25, 0.3) is 5.56 Å². The Labute approximate surface area is 194 Å². The Hall–Kier alpha value is -3.45. The Morgan fingerprint density at radius 3 is 2.36 bits per heavy atom. The Morgan fingerprint density at radius 1 is 0.939 bits per heavy atom. The number of benzene rings is 2. The molecule has 0 unspecified atom stereocenters. The van der Waals surface area contributed by atoms with Crippen molar-refractivity contribution < 1.29 is 9.53 Å². The minimum absolute atomic E-state index is 0.147. The topological polar surface area (TPSA) is 67.7 Å². The fourth-order valence-corrected chi connectivity index (χ4v) is 4.06. The molecular formula is C26H30N4O3. The molecule has 0 radical (unpaired) electrons. The van der Waals surface area contributed by atoms with Crippen LogP contribution in [-0.4, -0.2) is 58.8 Å². The van der Waals surface area contributed by atoms with Gasteiger partial charge >= 0.3 is 0 Å². The van der Waals surface area contributed by atoms with E-state index in [0.29, 0.717) is 19.4 Å². The maximum Gasteiger partial charge on any atom is 0.266 e. The highest BCUT2D eigenvalue weighted by Gasteiger charge is 2.20. The Bertz CT molecular complexity index is 1100. The summed E-state index contributed by atoms with van der Waals surface area (Å²) in [6.07, 6.45) is 1.00. The summed E-state index contributed by atoms with van der Waals surface area (Å²) in [4.78, 5) is 29.2. The molecule has 7 heteroatoms. The number of methoxy groups -OCH3 is 1. The van der Waals surface area contributed by atoms with Crippen LogP contribution in [0.15, 0.2) is 71.5 Å². The zero-order valence-corrected chi connectivity index (χ0v) is 19.0. The van der Waals surface area contributed by atoms with Gasteiger partial charge in [-0.2, -0.15) is 5.10 Å². The molecule has 1 aliphatic rings. The van der Waals surface area contributed by atoms with E-state index in [9.17, 15) is 9.59 Å². The van der Waals surface area contributed by atoms with Gasteiger partial charge in [-0.05, 0) is 42.3 Å². The van der Waals surface area contributed by atoms with E-state index in [-0.39, 0.29) is 11.5 Å². The molecule has 1 aliphatic heterocycles. The number of rotatable bonds is 8. The standard InChI is InChI=1S/C26H30N4O3/c1-33-23-11-9-22(10-12-23)24-13-14-26(32)30(27-24)15-5-8-25(31)29-18-16-28(17-19-29)20-21-6-3-2-4-7-21/h2-4,6-7,9-14H,5,8,15-20H2,1H3. The normalized spacial score (nSPS) is 14.3. The van der Waals surface area contributed by atoms with Crippen molar-refractivity contribution in [2.45, 2.75) is 25.9 Å². The molecule has 3 aromatic rings. The molecular weight excluding hydrogens is 416 g/mol. The summed E-state index contributed by atoms with van der Waals surface area (Å²) in [6.45, 7) is 4.59. The quantitative estimate of drug-likeness (QED) is 0.532. The van der Waals surface area contributed by atoms with Crippen LogP contribution in [0.5, 0.6) is 5.75 Å². The molecule has 172 valence electrons. The van der Waals surface area contributed by atoms with Crippen molar-refractivity contribution >= 4 is 5.91 Å². The molecule has 33 heavy (non-hydrogen) atoms. The number of hydrogen-bond donors (Lipinski definition) is 0. The first-order valence-corrected chi connectivity index (χ1v) is 11.4. The van der Waals surface area contributed by atoms with Crippen molar-refractivity contribution in [2.75, 3.05) is 33.3 Å². The van der Waals surface area contributed by atoms with Crippen molar-refractivity contribution in [1.29, 1.82) is 0 Å². The number of ether oxygens (including phenoxy) is 1. The van der Waals surface area contributed by atoms with Gasteiger partial charge in [0.05, 0.1) is 12.8 Å². The third kappa shape index (κ3) is 6.08. The van der Waals surface area contributed by atoms with E-state index in [0.717, 1.165) is 49.7 Å². The first kappa shape index (κ1) is 22.7. The number of carbonyl (C=O) groups excluding carboxylic acids is 1. The van der Waals surface area contributed by atoms with Crippen LogP contribution < -0.4 is 10.3 Å². The summed E-state index contributed by atoms with van der Waals surface area (Å²) in [5.74, 6) is 0.917. The molecule has 2 aromatic carbocycles. The minimum atomic E-state index is -0.158. The number of hydrogen-bond acceptors (Lipinski definition) is 5. The van der Waals surface area contributed by atoms with Gasteiger partial charge in [0.1, 0.15) is 5.75 Å². The Balaban J connectivity index is 1.26.